The van der Waals surface area contributed by atoms with E-state index in [1.165, 1.54) is 25.1 Å². The Hall–Kier alpha value is -4.27. The number of phenols is 1. The molecule has 2 heterocycles. The molecule has 35 heavy (non-hydrogen) atoms. The quantitative estimate of drug-likeness (QED) is 0.330. The Bertz CT molecular complexity index is 1480. The number of rotatable bonds is 8. The van der Waals surface area contributed by atoms with Gasteiger partial charge in [0.15, 0.2) is 6.10 Å². The van der Waals surface area contributed by atoms with E-state index in [9.17, 15) is 24.6 Å². The van der Waals surface area contributed by atoms with Gasteiger partial charge in [0.05, 0.1) is 17.4 Å². The first-order valence-corrected chi connectivity index (χ1v) is 11.2. The highest BCUT2D eigenvalue weighted by atomic mass is 16.5. The maximum Gasteiger partial charge on any atom is 0.336 e. The molecule has 2 aromatic heterocycles. The second-order valence-corrected chi connectivity index (χ2v) is 8.47. The summed E-state index contributed by atoms with van der Waals surface area (Å²) in [6.07, 6.45) is 1.08. The van der Waals surface area contributed by atoms with Gasteiger partial charge in [-0.3, -0.25) is 4.79 Å². The molecule has 0 saturated carbocycles. The van der Waals surface area contributed by atoms with Crippen molar-refractivity contribution in [3.05, 3.63) is 69.7 Å². The summed E-state index contributed by atoms with van der Waals surface area (Å²) >= 11 is 0. The highest BCUT2D eigenvalue weighted by Crippen LogP contribution is 2.31. The molecule has 0 fully saturated rings. The zero-order valence-corrected chi connectivity index (χ0v) is 19.5. The van der Waals surface area contributed by atoms with Gasteiger partial charge < -0.3 is 34.5 Å². The summed E-state index contributed by atoms with van der Waals surface area (Å²) in [4.78, 5) is 39.6. The van der Waals surface area contributed by atoms with Crippen LogP contribution in [0, 0.1) is 6.92 Å². The number of carboxylic acids is 1. The minimum Gasteiger partial charge on any atom is -0.548 e. The van der Waals surface area contributed by atoms with Gasteiger partial charge in [0.2, 0.25) is 0 Å². The first-order chi connectivity index (χ1) is 16.7. The fourth-order valence-electron chi connectivity index (χ4n) is 4.12. The first kappa shape index (κ1) is 23.9. The lowest BCUT2D eigenvalue weighted by atomic mass is 10.0. The lowest BCUT2D eigenvalue weighted by Crippen LogP contribution is -2.52. The average molecular weight is 477 g/mol. The molecule has 182 valence electrons. The molecule has 2 aromatic carbocycles. The molecular weight excluding hydrogens is 452 g/mol. The van der Waals surface area contributed by atoms with Gasteiger partial charge >= 0.3 is 5.63 Å². The molecule has 0 radical (unpaired) electrons. The van der Waals surface area contributed by atoms with Crippen molar-refractivity contribution in [1.29, 1.82) is 0 Å². The minimum atomic E-state index is -1.45. The fourth-order valence-corrected chi connectivity index (χ4v) is 4.12. The van der Waals surface area contributed by atoms with Crippen molar-refractivity contribution in [2.24, 2.45) is 0 Å². The highest BCUT2D eigenvalue weighted by Gasteiger charge is 2.23. The van der Waals surface area contributed by atoms with E-state index in [2.05, 4.69) is 10.3 Å². The largest absolute Gasteiger partial charge is 0.548 e. The van der Waals surface area contributed by atoms with Crippen molar-refractivity contribution in [2.75, 3.05) is 0 Å². The number of H-pyrrole nitrogens is 1. The number of hydrogen-bond donors (Lipinski definition) is 3. The first-order valence-electron chi connectivity index (χ1n) is 11.2. The topological polar surface area (TPSA) is 145 Å². The summed E-state index contributed by atoms with van der Waals surface area (Å²) in [7, 11) is 0. The second-order valence-electron chi connectivity index (χ2n) is 8.47. The van der Waals surface area contributed by atoms with Gasteiger partial charge in [0.25, 0.3) is 5.91 Å². The number of aromatic amines is 1. The number of aliphatic carboxylic acids is 1. The number of nitrogens with one attached hydrogen (secondary N) is 2. The van der Waals surface area contributed by atoms with E-state index in [4.69, 9.17) is 9.15 Å². The van der Waals surface area contributed by atoms with Crippen LogP contribution in [0.15, 0.2) is 51.8 Å². The summed E-state index contributed by atoms with van der Waals surface area (Å²) in [6, 6.07) is 8.24. The van der Waals surface area contributed by atoms with Crippen LogP contribution >= 0.6 is 0 Å². The smallest absolute Gasteiger partial charge is 0.336 e. The molecule has 0 aliphatic rings. The molecule has 0 saturated heterocycles. The molecule has 0 spiro atoms. The summed E-state index contributed by atoms with van der Waals surface area (Å²) in [6.45, 7) is 5.20. The standard InChI is InChI=1S/C26H26N2O7/c1-4-15-10-23(30)35-22-8-13(2)7-21(24(15)22)34-14(3)25(31)28-20(26(32)33)9-16-12-27-19-6-5-17(29)11-18(16)19/h5-8,10-12,14,20,27,29H,4,9H2,1-3H3,(H,28,31)(H,32,33)/p-1/t14-,20+/m1/s1. The third-order valence-electron chi connectivity index (χ3n) is 5.86. The lowest BCUT2D eigenvalue weighted by molar-refractivity contribution is -0.308. The number of phenolic OH excluding ortho intramolecular Hbond substituents is 1. The van der Waals surface area contributed by atoms with Crippen molar-refractivity contribution >= 4 is 33.7 Å². The number of fused-ring (bicyclic) bond motifs is 2. The minimum absolute atomic E-state index is 0.0436. The number of aromatic hydroxyl groups is 1. The Kier molecular flexibility index (Phi) is 6.50. The van der Waals surface area contributed by atoms with Crippen LogP contribution in [0.4, 0.5) is 0 Å². The van der Waals surface area contributed by atoms with Gasteiger partial charge in [-0.1, -0.05) is 6.92 Å². The van der Waals surface area contributed by atoms with Gasteiger partial charge in [0, 0.05) is 29.6 Å². The Morgan fingerprint density at radius 1 is 1.20 bits per heavy atom. The van der Waals surface area contributed by atoms with Crippen LogP contribution in [0.3, 0.4) is 0 Å². The van der Waals surface area contributed by atoms with E-state index in [-0.39, 0.29) is 12.2 Å². The van der Waals surface area contributed by atoms with Crippen LogP contribution in [0.1, 0.15) is 30.5 Å². The molecule has 9 heteroatoms. The highest BCUT2D eigenvalue weighted by molar-refractivity contribution is 5.90. The van der Waals surface area contributed by atoms with Crippen LogP contribution in [-0.2, 0) is 22.4 Å². The van der Waals surface area contributed by atoms with Gasteiger partial charge in [-0.15, -0.1) is 0 Å². The predicted octanol–water partition coefficient (Wildman–Crippen LogP) is 2.10. The Balaban J connectivity index is 1.56. The van der Waals surface area contributed by atoms with Crippen LogP contribution in [-0.4, -0.2) is 34.1 Å². The van der Waals surface area contributed by atoms with Crippen LogP contribution in [0.25, 0.3) is 21.9 Å². The molecule has 3 N–H and O–H groups in total. The van der Waals surface area contributed by atoms with E-state index >= 15 is 0 Å². The summed E-state index contributed by atoms with van der Waals surface area (Å²) < 4.78 is 11.3. The summed E-state index contributed by atoms with van der Waals surface area (Å²) in [5.74, 6) is -1.69. The van der Waals surface area contributed by atoms with Crippen molar-refractivity contribution in [1.82, 2.24) is 10.3 Å². The molecule has 1 amide bonds. The zero-order chi connectivity index (χ0) is 25.3. The number of carbonyl (C=O) groups is 2. The van der Waals surface area contributed by atoms with Gasteiger partial charge in [0.1, 0.15) is 17.1 Å². The number of ether oxygens (including phenoxy) is 1. The normalized spacial score (nSPS) is 13.0. The molecule has 9 nitrogen and oxygen atoms in total. The number of aryl methyl sites for hydroxylation is 2. The molecule has 2 atom stereocenters. The molecule has 4 rings (SSSR count). The Morgan fingerprint density at radius 3 is 2.69 bits per heavy atom. The van der Waals surface area contributed by atoms with E-state index in [1.807, 2.05) is 6.92 Å². The Labute approximate surface area is 200 Å². The number of benzene rings is 2. The van der Waals surface area contributed by atoms with Crippen molar-refractivity contribution < 1.29 is 29.0 Å². The van der Waals surface area contributed by atoms with Crippen molar-refractivity contribution in [3.63, 3.8) is 0 Å². The van der Waals surface area contributed by atoms with Crippen LogP contribution in [0.2, 0.25) is 0 Å². The van der Waals surface area contributed by atoms with Gasteiger partial charge in [-0.2, -0.15) is 0 Å². The number of amides is 1. The number of hydrogen-bond acceptors (Lipinski definition) is 7. The summed E-state index contributed by atoms with van der Waals surface area (Å²) in [5.41, 5.74) is 2.70. The maximum absolute atomic E-state index is 12.9. The number of carbonyl (C=O) groups excluding carboxylic acids is 2. The van der Waals surface area contributed by atoms with E-state index in [0.717, 1.165) is 11.1 Å². The number of aromatic nitrogens is 1. The molecule has 0 aliphatic carbocycles. The number of carboxylic acid groups (broad SMARTS) is 1. The van der Waals surface area contributed by atoms with Gasteiger partial charge in [-0.25, -0.2) is 4.79 Å². The van der Waals surface area contributed by atoms with Crippen molar-refractivity contribution in [3.8, 4) is 11.5 Å². The Morgan fingerprint density at radius 2 is 1.97 bits per heavy atom. The third-order valence-corrected chi connectivity index (χ3v) is 5.86. The second kappa shape index (κ2) is 9.54. The predicted molar refractivity (Wildman–Crippen MR) is 127 cm³/mol. The molecule has 0 aliphatic heterocycles. The van der Waals surface area contributed by atoms with Crippen LogP contribution in [0.5, 0.6) is 11.5 Å². The SMILES string of the molecule is CCc1cc(=O)oc2cc(C)cc(O[C@H](C)C(=O)N[C@@H](Cc3c[nH]c4ccc(O)cc34)C(=O)[O-])c12. The van der Waals surface area contributed by atoms with E-state index < -0.39 is 29.6 Å². The molecule has 0 bridgehead atoms. The third kappa shape index (κ3) is 4.98. The molecule has 0 unspecified atom stereocenters. The van der Waals surface area contributed by atoms with Crippen LogP contribution < -0.4 is 20.8 Å². The lowest BCUT2D eigenvalue weighted by Gasteiger charge is -2.23. The van der Waals surface area contributed by atoms with Gasteiger partial charge in [-0.05, 0) is 67.3 Å². The molecule has 4 aromatic rings. The van der Waals surface area contributed by atoms with E-state index in [0.29, 0.717) is 39.7 Å². The van der Waals surface area contributed by atoms with Crippen molar-refractivity contribution in [2.45, 2.75) is 45.8 Å². The monoisotopic (exact) mass is 477 g/mol. The van der Waals surface area contributed by atoms with E-state index in [1.54, 1.807) is 31.3 Å². The molecular formula is C26H25N2O7-. The maximum atomic E-state index is 12.9. The average Bonchev–Trinajstić information content (AvgIpc) is 3.19. The zero-order valence-electron chi connectivity index (χ0n) is 19.5. The fraction of sp³-hybridized carbons (Fsp3) is 0.269. The summed E-state index contributed by atoms with van der Waals surface area (Å²) in [5, 5.41) is 25.3.